The number of aromatic nitrogens is 1. The molecule has 6 heteroatoms. The molecular formula is C18H21N3O3. The lowest BCUT2D eigenvalue weighted by Gasteiger charge is -2.23. The van der Waals surface area contributed by atoms with E-state index in [9.17, 15) is 4.79 Å². The number of hydrogen-bond donors (Lipinski definition) is 2. The Morgan fingerprint density at radius 3 is 2.58 bits per heavy atom. The normalized spacial score (nSPS) is 13.8. The van der Waals surface area contributed by atoms with Gasteiger partial charge in [0.25, 0.3) is 0 Å². The topological polar surface area (TPSA) is 72.5 Å². The SMILES string of the molecule is COc1ccc(Nc2ccc(NC(=O)C3CCC3)cn2)c(OC)c1. The van der Waals surface area contributed by atoms with E-state index in [1.54, 1.807) is 26.5 Å². The maximum Gasteiger partial charge on any atom is 0.227 e. The van der Waals surface area contributed by atoms with Gasteiger partial charge in [0.2, 0.25) is 5.91 Å². The van der Waals surface area contributed by atoms with Crippen molar-refractivity contribution in [2.75, 3.05) is 24.9 Å². The Bertz CT molecular complexity index is 712. The van der Waals surface area contributed by atoms with Crippen LogP contribution in [0.15, 0.2) is 36.5 Å². The molecule has 0 bridgehead atoms. The van der Waals surface area contributed by atoms with Gasteiger partial charge in [-0.05, 0) is 37.1 Å². The third kappa shape index (κ3) is 3.59. The lowest BCUT2D eigenvalue weighted by atomic mass is 9.85. The largest absolute Gasteiger partial charge is 0.497 e. The first-order chi connectivity index (χ1) is 11.7. The number of amides is 1. The van der Waals surface area contributed by atoms with Crippen LogP contribution in [0.25, 0.3) is 0 Å². The summed E-state index contributed by atoms with van der Waals surface area (Å²) in [5.41, 5.74) is 1.50. The summed E-state index contributed by atoms with van der Waals surface area (Å²) in [6.45, 7) is 0. The van der Waals surface area contributed by atoms with Crippen LogP contribution in [-0.2, 0) is 4.79 Å². The second kappa shape index (κ2) is 7.21. The number of nitrogens with zero attached hydrogens (tertiary/aromatic N) is 1. The Labute approximate surface area is 141 Å². The molecule has 2 N–H and O–H groups in total. The highest BCUT2D eigenvalue weighted by Crippen LogP contribution is 2.31. The van der Waals surface area contributed by atoms with Gasteiger partial charge in [-0.2, -0.15) is 0 Å². The standard InChI is InChI=1S/C18H21N3O3/c1-23-14-7-8-15(16(10-14)24-2)21-17-9-6-13(11-19-17)20-18(22)12-4-3-5-12/h6-12H,3-5H2,1-2H3,(H,19,21)(H,20,22). The highest BCUT2D eigenvalue weighted by Gasteiger charge is 2.25. The van der Waals surface area contributed by atoms with E-state index in [4.69, 9.17) is 9.47 Å². The molecule has 0 radical (unpaired) electrons. The molecule has 6 nitrogen and oxygen atoms in total. The van der Waals surface area contributed by atoms with Crippen LogP contribution in [0.4, 0.5) is 17.2 Å². The van der Waals surface area contributed by atoms with Gasteiger partial charge >= 0.3 is 0 Å². The fraction of sp³-hybridized carbons (Fsp3) is 0.333. The fourth-order valence-corrected chi connectivity index (χ4v) is 2.50. The molecule has 0 aliphatic heterocycles. The van der Waals surface area contributed by atoms with Crippen LogP contribution in [0.1, 0.15) is 19.3 Å². The lowest BCUT2D eigenvalue weighted by molar-refractivity contribution is -0.122. The Balaban J connectivity index is 1.66. The molecule has 0 saturated heterocycles. The molecule has 2 aromatic rings. The summed E-state index contributed by atoms with van der Waals surface area (Å²) in [6.07, 6.45) is 4.75. The maximum absolute atomic E-state index is 11.9. The summed E-state index contributed by atoms with van der Waals surface area (Å²) in [5.74, 6) is 2.30. The molecule has 0 unspecified atom stereocenters. The zero-order chi connectivity index (χ0) is 16.9. The summed E-state index contributed by atoms with van der Waals surface area (Å²) in [5, 5.41) is 6.10. The minimum Gasteiger partial charge on any atom is -0.497 e. The quantitative estimate of drug-likeness (QED) is 0.848. The molecule has 1 amide bonds. The Hall–Kier alpha value is -2.76. The number of carbonyl (C=O) groups excluding carboxylic acids is 1. The van der Waals surface area contributed by atoms with E-state index in [2.05, 4.69) is 15.6 Å². The molecule has 126 valence electrons. The molecule has 24 heavy (non-hydrogen) atoms. The summed E-state index contributed by atoms with van der Waals surface area (Å²) in [7, 11) is 3.21. The highest BCUT2D eigenvalue weighted by molar-refractivity contribution is 5.92. The third-order valence-electron chi connectivity index (χ3n) is 4.18. The number of rotatable bonds is 6. The number of anilines is 3. The average molecular weight is 327 g/mol. The Morgan fingerprint density at radius 1 is 1.17 bits per heavy atom. The first-order valence-electron chi connectivity index (χ1n) is 7.95. The number of hydrogen-bond acceptors (Lipinski definition) is 5. The third-order valence-corrected chi connectivity index (χ3v) is 4.18. The molecule has 1 aromatic heterocycles. The van der Waals surface area contributed by atoms with E-state index in [0.717, 1.165) is 30.7 Å². The van der Waals surface area contributed by atoms with Crippen molar-refractivity contribution in [2.24, 2.45) is 5.92 Å². The van der Waals surface area contributed by atoms with Gasteiger partial charge in [-0.1, -0.05) is 6.42 Å². The van der Waals surface area contributed by atoms with Crippen molar-refractivity contribution < 1.29 is 14.3 Å². The van der Waals surface area contributed by atoms with Crippen LogP contribution in [0.3, 0.4) is 0 Å². The minimum atomic E-state index is 0.0839. The Kier molecular flexibility index (Phi) is 4.84. The number of methoxy groups -OCH3 is 2. The van der Waals surface area contributed by atoms with Crippen LogP contribution in [-0.4, -0.2) is 25.1 Å². The minimum absolute atomic E-state index is 0.0839. The molecule has 1 aliphatic rings. The van der Waals surface area contributed by atoms with Gasteiger partial charge in [0.15, 0.2) is 0 Å². The number of benzene rings is 1. The van der Waals surface area contributed by atoms with Crippen molar-refractivity contribution >= 4 is 23.1 Å². The first kappa shape index (κ1) is 16.1. The number of carbonyl (C=O) groups is 1. The van der Waals surface area contributed by atoms with Gasteiger partial charge in [0.1, 0.15) is 17.3 Å². The molecule has 1 heterocycles. The molecule has 3 rings (SSSR count). The van der Waals surface area contributed by atoms with E-state index in [1.165, 1.54) is 0 Å². The predicted octanol–water partition coefficient (Wildman–Crippen LogP) is 3.58. The van der Waals surface area contributed by atoms with Crippen LogP contribution >= 0.6 is 0 Å². The molecule has 1 aliphatic carbocycles. The molecule has 0 spiro atoms. The summed E-state index contributed by atoms with van der Waals surface area (Å²) < 4.78 is 10.5. The van der Waals surface area contributed by atoms with Crippen molar-refractivity contribution in [3.8, 4) is 11.5 Å². The van der Waals surface area contributed by atoms with Gasteiger partial charge in [0.05, 0.1) is 31.8 Å². The number of pyridine rings is 1. The number of nitrogens with one attached hydrogen (secondary N) is 2. The van der Waals surface area contributed by atoms with E-state index < -0.39 is 0 Å². The summed E-state index contributed by atoms with van der Waals surface area (Å²) >= 11 is 0. The second-order valence-electron chi connectivity index (χ2n) is 5.74. The van der Waals surface area contributed by atoms with Crippen LogP contribution < -0.4 is 20.1 Å². The van der Waals surface area contributed by atoms with Gasteiger partial charge in [-0.15, -0.1) is 0 Å². The lowest BCUT2D eigenvalue weighted by Crippen LogP contribution is -2.28. The summed E-state index contributed by atoms with van der Waals surface area (Å²) in [4.78, 5) is 16.3. The Morgan fingerprint density at radius 2 is 2.00 bits per heavy atom. The van der Waals surface area contributed by atoms with Crippen molar-refractivity contribution in [2.45, 2.75) is 19.3 Å². The zero-order valence-electron chi connectivity index (χ0n) is 13.8. The molecule has 1 saturated carbocycles. The van der Waals surface area contributed by atoms with Crippen LogP contribution in [0.2, 0.25) is 0 Å². The number of ether oxygens (including phenoxy) is 2. The van der Waals surface area contributed by atoms with Crippen molar-refractivity contribution in [3.05, 3.63) is 36.5 Å². The molecular weight excluding hydrogens is 306 g/mol. The summed E-state index contributed by atoms with van der Waals surface area (Å²) in [6, 6.07) is 9.17. The second-order valence-corrected chi connectivity index (χ2v) is 5.74. The van der Waals surface area contributed by atoms with Gasteiger partial charge in [0, 0.05) is 12.0 Å². The van der Waals surface area contributed by atoms with Crippen LogP contribution in [0.5, 0.6) is 11.5 Å². The van der Waals surface area contributed by atoms with Gasteiger partial charge in [-0.25, -0.2) is 4.98 Å². The van der Waals surface area contributed by atoms with E-state index in [-0.39, 0.29) is 11.8 Å². The predicted molar refractivity (Wildman–Crippen MR) is 93.0 cm³/mol. The van der Waals surface area contributed by atoms with Gasteiger partial charge in [-0.3, -0.25) is 4.79 Å². The fourth-order valence-electron chi connectivity index (χ4n) is 2.50. The molecule has 0 atom stereocenters. The van der Waals surface area contributed by atoms with E-state index >= 15 is 0 Å². The van der Waals surface area contributed by atoms with Gasteiger partial charge < -0.3 is 20.1 Å². The van der Waals surface area contributed by atoms with E-state index in [0.29, 0.717) is 17.3 Å². The maximum atomic E-state index is 11.9. The first-order valence-corrected chi connectivity index (χ1v) is 7.95. The highest BCUT2D eigenvalue weighted by atomic mass is 16.5. The van der Waals surface area contributed by atoms with Crippen molar-refractivity contribution in [1.82, 2.24) is 4.98 Å². The van der Waals surface area contributed by atoms with Crippen molar-refractivity contribution in [3.63, 3.8) is 0 Å². The van der Waals surface area contributed by atoms with Crippen molar-refractivity contribution in [1.29, 1.82) is 0 Å². The van der Waals surface area contributed by atoms with E-state index in [1.807, 2.05) is 24.3 Å². The zero-order valence-corrected chi connectivity index (χ0v) is 13.8. The van der Waals surface area contributed by atoms with Crippen LogP contribution in [0, 0.1) is 5.92 Å². The smallest absolute Gasteiger partial charge is 0.227 e. The molecule has 1 aromatic carbocycles. The monoisotopic (exact) mass is 327 g/mol. The molecule has 1 fully saturated rings. The average Bonchev–Trinajstić information content (AvgIpc) is 2.55.